The van der Waals surface area contributed by atoms with Crippen LogP contribution >= 0.6 is 8.84 Å². The summed E-state index contributed by atoms with van der Waals surface area (Å²) in [5.41, 5.74) is 0. The van der Waals surface area contributed by atoms with E-state index in [1.54, 1.807) is 0 Å². The van der Waals surface area contributed by atoms with Crippen LogP contribution in [0.4, 0.5) is 0 Å². The molecule has 0 aromatic heterocycles. The van der Waals surface area contributed by atoms with Crippen molar-refractivity contribution < 1.29 is 20.7 Å². The first-order chi connectivity index (χ1) is 1.91. The van der Waals surface area contributed by atoms with Crippen LogP contribution in [0.2, 0.25) is 0 Å². The van der Waals surface area contributed by atoms with E-state index in [1.165, 1.54) is 8.84 Å². The predicted molar refractivity (Wildman–Crippen MR) is 15.6 cm³/mol. The van der Waals surface area contributed by atoms with Gasteiger partial charge in [-0.3, -0.25) is 0 Å². The quantitative estimate of drug-likeness (QED) is 0.425. The molecular weight excluding hydrogens is 110 g/mol. The second-order valence-electron chi connectivity index (χ2n) is 0.211. The maximum atomic E-state index is 7.70. The number of hydrogen-bond acceptors (Lipinski definition) is 0. The van der Waals surface area contributed by atoms with Gasteiger partial charge >= 0.3 is 35.9 Å². The summed E-state index contributed by atoms with van der Waals surface area (Å²) in [5, 5.41) is 7.70. The number of hydrogen-bond donors (Lipinski definition) is 1. The average Bonchev–Trinajstić information content (AvgIpc) is 1.37. The third-order valence-corrected chi connectivity index (χ3v) is 0.583. The van der Waals surface area contributed by atoms with Crippen LogP contribution in [0.1, 0.15) is 0 Å². The first-order valence-electron chi connectivity index (χ1n) is 0.676. The monoisotopic (exact) mass is 111 g/mol. The summed E-state index contributed by atoms with van der Waals surface area (Å²) in [4.78, 5) is 0. The van der Waals surface area contributed by atoms with Crippen LogP contribution in [0.15, 0.2) is 0 Å². The molecule has 0 heterocycles. The van der Waals surface area contributed by atoms with Crippen LogP contribution in [-0.2, 0) is 15.7 Å². The molecule has 0 aliphatic carbocycles. The van der Waals surface area contributed by atoms with E-state index >= 15 is 0 Å². The van der Waals surface area contributed by atoms with Crippen molar-refractivity contribution in [3.8, 4) is 0 Å². The van der Waals surface area contributed by atoms with E-state index in [4.69, 9.17) is 5.02 Å². The molecule has 0 aromatic carbocycles. The van der Waals surface area contributed by atoms with Crippen molar-refractivity contribution in [3.05, 3.63) is 0 Å². The summed E-state index contributed by atoms with van der Waals surface area (Å²) in [6.45, 7) is 0. The average molecular weight is 111 g/mol. The van der Waals surface area contributed by atoms with Gasteiger partial charge in [0.1, 0.15) is 0 Å². The molecule has 0 amide bonds. The molecule has 0 aromatic rings. The third kappa shape index (κ3) is 2.83. The van der Waals surface area contributed by atoms with Gasteiger partial charge in [0.15, 0.2) is 0 Å². The van der Waals surface area contributed by atoms with Crippen molar-refractivity contribution in [2.45, 2.75) is 0 Å². The van der Waals surface area contributed by atoms with E-state index in [0.717, 1.165) is 6.36 Å². The molecule has 1 nitrogen and oxygen atoms in total. The van der Waals surface area contributed by atoms with Crippen molar-refractivity contribution in [2.75, 3.05) is 0 Å². The fourth-order valence-electron chi connectivity index (χ4n) is 0. The van der Waals surface area contributed by atoms with Gasteiger partial charge in [-0.05, 0) is 0 Å². The normalized spacial score (nSPS) is 4.00. The molecule has 0 saturated carbocycles. The van der Waals surface area contributed by atoms with Gasteiger partial charge < -0.3 is 0 Å². The van der Waals surface area contributed by atoms with Gasteiger partial charge in [-0.25, -0.2) is 0 Å². The molecule has 0 atom stereocenters. The molecule has 0 aliphatic heterocycles. The molecule has 4 heteroatoms. The van der Waals surface area contributed by atoms with E-state index in [9.17, 15) is 0 Å². The van der Waals surface area contributed by atoms with Gasteiger partial charge in [-0.15, -0.1) is 0 Å². The first kappa shape index (κ1) is 4.83. The van der Waals surface area contributed by atoms with Crippen molar-refractivity contribution >= 4 is 15.2 Å². The Bertz CT molecular complexity index is 46.0. The maximum absolute atomic E-state index is 7.70. The van der Waals surface area contributed by atoms with Crippen molar-refractivity contribution in [1.29, 1.82) is 0 Å². The summed E-state index contributed by atoms with van der Waals surface area (Å²) >= 11 is 2.15. The molecule has 0 unspecified atom stereocenters. The van der Waals surface area contributed by atoms with E-state index in [1.807, 2.05) is 0 Å². The summed E-state index contributed by atoms with van der Waals surface area (Å²) < 4.78 is 0. The van der Waals surface area contributed by atoms with Gasteiger partial charge in [0, 0.05) is 0 Å². The van der Waals surface area contributed by atoms with Gasteiger partial charge in [0.25, 0.3) is 0 Å². The molecular formula is HBOSV. The molecule has 0 spiro atoms. The SMILES string of the molecule is OB=[S]=[V]. The molecule has 4 heavy (non-hydrogen) atoms. The number of rotatable bonds is 0. The molecule has 0 rings (SSSR count). The molecule has 21 valence electrons. The molecule has 0 fully saturated rings. The van der Waals surface area contributed by atoms with Crippen LogP contribution in [0, 0.1) is 0 Å². The fraction of sp³-hybridized carbons (Fsp3) is 0. The second-order valence-corrected chi connectivity index (χ2v) is 1.62. The van der Waals surface area contributed by atoms with Gasteiger partial charge in [-0.1, -0.05) is 0 Å². The van der Waals surface area contributed by atoms with E-state index in [2.05, 4.69) is 15.7 Å². The molecule has 0 aliphatic rings. The van der Waals surface area contributed by atoms with Crippen LogP contribution in [-0.4, -0.2) is 11.4 Å². The zero-order valence-electron chi connectivity index (χ0n) is 1.88. The van der Waals surface area contributed by atoms with E-state index < -0.39 is 0 Å². The van der Waals surface area contributed by atoms with E-state index in [0.29, 0.717) is 0 Å². The Hall–Kier alpha value is 0.829. The first-order valence-corrected chi connectivity index (χ1v) is 3.22. The van der Waals surface area contributed by atoms with Gasteiger partial charge in [0.05, 0.1) is 0 Å². The molecule has 0 saturated heterocycles. The minimum absolute atomic E-state index is 1.01. The standard InChI is InChI=1S/BHOS.V/c2-1-3;/h2H;. The Morgan fingerprint density at radius 3 is 2.25 bits per heavy atom. The zero-order valence-corrected chi connectivity index (χ0v) is 4.09. The summed E-state index contributed by atoms with van der Waals surface area (Å²) in [6, 6.07) is 0. The van der Waals surface area contributed by atoms with Crippen LogP contribution in [0.3, 0.4) is 0 Å². The van der Waals surface area contributed by atoms with E-state index in [-0.39, 0.29) is 0 Å². The summed E-state index contributed by atoms with van der Waals surface area (Å²) in [5.74, 6) is 0. The minimum atomic E-state index is 1.01. The molecule has 0 bridgehead atoms. The predicted octanol–water partition coefficient (Wildman–Crippen LogP) is -0.292. The fourth-order valence-corrected chi connectivity index (χ4v) is 0. The molecule has 0 radical (unpaired) electrons. The topological polar surface area (TPSA) is 20.2 Å². The summed E-state index contributed by atoms with van der Waals surface area (Å²) in [7, 11) is 1.22. The Balaban J connectivity index is 3.11. The zero-order chi connectivity index (χ0) is 3.41. The van der Waals surface area contributed by atoms with Crippen molar-refractivity contribution in [2.24, 2.45) is 0 Å². The molecule has 1 N–H and O–H groups in total. The second kappa shape index (κ2) is 3.83. The Morgan fingerprint density at radius 1 is 2.00 bits per heavy atom. The van der Waals surface area contributed by atoms with Crippen LogP contribution < -0.4 is 0 Å². The summed E-state index contributed by atoms with van der Waals surface area (Å²) in [6.07, 6.45) is 1.01. The Kier molecular flexibility index (Phi) is 4.62. The third-order valence-electron chi connectivity index (χ3n) is 0.0471. The van der Waals surface area contributed by atoms with Crippen molar-refractivity contribution in [1.82, 2.24) is 0 Å². The Morgan fingerprint density at radius 2 is 2.25 bits per heavy atom. The van der Waals surface area contributed by atoms with Gasteiger partial charge in [-0.2, -0.15) is 0 Å². The van der Waals surface area contributed by atoms with Crippen molar-refractivity contribution in [3.63, 3.8) is 0 Å². The van der Waals surface area contributed by atoms with Crippen LogP contribution in [0.25, 0.3) is 0 Å². The van der Waals surface area contributed by atoms with Crippen LogP contribution in [0.5, 0.6) is 0 Å². The Labute approximate surface area is 36.4 Å². The van der Waals surface area contributed by atoms with Gasteiger partial charge in [0.2, 0.25) is 0 Å².